The van der Waals surface area contributed by atoms with Gasteiger partial charge in [-0.15, -0.1) is 6.42 Å². The lowest BCUT2D eigenvalue weighted by atomic mass is 10.3. The van der Waals surface area contributed by atoms with Crippen LogP contribution in [0.3, 0.4) is 0 Å². The zero-order chi connectivity index (χ0) is 14.4. The Bertz CT molecular complexity index is 544. The Kier molecular flexibility index (Phi) is 5.45. The van der Waals surface area contributed by atoms with Crippen LogP contribution in [0.25, 0.3) is 0 Å². The van der Waals surface area contributed by atoms with E-state index in [2.05, 4.69) is 16.3 Å². The van der Waals surface area contributed by atoms with Gasteiger partial charge in [-0.1, -0.05) is 30.4 Å². The van der Waals surface area contributed by atoms with Gasteiger partial charge in [0.1, 0.15) is 12.2 Å². The standard InChI is InChI=1S/C14H18ClN3O2/c1-2-8-18-14(19)13(12(15)10-17-18)16-7-9-20-11-5-3-4-6-11/h1,10-11,16H,3-9H2. The molecule has 1 aromatic heterocycles. The van der Waals surface area contributed by atoms with Gasteiger partial charge in [-0.2, -0.15) is 5.10 Å². The summed E-state index contributed by atoms with van der Waals surface area (Å²) in [5.41, 5.74) is 0.0169. The number of rotatable bonds is 6. The summed E-state index contributed by atoms with van der Waals surface area (Å²) in [6.45, 7) is 1.21. The SMILES string of the molecule is C#CCn1ncc(Cl)c(NCCOC2CCCC2)c1=O. The smallest absolute Gasteiger partial charge is 0.292 e. The molecule has 0 atom stereocenters. The second-order valence-electron chi connectivity index (χ2n) is 4.74. The summed E-state index contributed by atoms with van der Waals surface area (Å²) in [6, 6.07) is 0. The molecule has 0 radical (unpaired) electrons. The maximum atomic E-state index is 12.0. The van der Waals surface area contributed by atoms with Gasteiger partial charge in [0.25, 0.3) is 5.56 Å². The Morgan fingerprint density at radius 2 is 2.30 bits per heavy atom. The number of nitrogens with zero attached hydrogens (tertiary/aromatic N) is 2. The van der Waals surface area contributed by atoms with E-state index in [0.29, 0.717) is 30.0 Å². The van der Waals surface area contributed by atoms with Crippen molar-refractivity contribution in [2.24, 2.45) is 0 Å². The van der Waals surface area contributed by atoms with E-state index < -0.39 is 0 Å². The lowest BCUT2D eigenvalue weighted by molar-refractivity contribution is 0.0659. The maximum absolute atomic E-state index is 12.0. The molecule has 1 aliphatic rings. The zero-order valence-electron chi connectivity index (χ0n) is 11.3. The van der Waals surface area contributed by atoms with E-state index >= 15 is 0 Å². The van der Waals surface area contributed by atoms with Gasteiger partial charge in [0, 0.05) is 6.54 Å². The fraction of sp³-hybridized carbons (Fsp3) is 0.571. The van der Waals surface area contributed by atoms with Crippen molar-refractivity contribution in [1.82, 2.24) is 9.78 Å². The fourth-order valence-corrected chi connectivity index (χ4v) is 2.48. The van der Waals surface area contributed by atoms with E-state index in [4.69, 9.17) is 22.8 Å². The Hall–Kier alpha value is -1.51. The third-order valence-electron chi connectivity index (χ3n) is 3.30. The van der Waals surface area contributed by atoms with Crippen LogP contribution < -0.4 is 10.9 Å². The molecule has 1 fully saturated rings. The summed E-state index contributed by atoms with van der Waals surface area (Å²) < 4.78 is 6.92. The van der Waals surface area contributed by atoms with Crippen molar-refractivity contribution >= 4 is 17.3 Å². The highest BCUT2D eigenvalue weighted by atomic mass is 35.5. The van der Waals surface area contributed by atoms with Crippen LogP contribution in [0.4, 0.5) is 5.69 Å². The summed E-state index contributed by atoms with van der Waals surface area (Å²) >= 11 is 5.98. The lowest BCUT2D eigenvalue weighted by Gasteiger charge is -2.13. The molecule has 1 N–H and O–H groups in total. The van der Waals surface area contributed by atoms with Gasteiger partial charge in [-0.05, 0) is 12.8 Å². The van der Waals surface area contributed by atoms with Crippen molar-refractivity contribution in [1.29, 1.82) is 0 Å². The molecule has 1 heterocycles. The van der Waals surface area contributed by atoms with Gasteiger partial charge in [-0.3, -0.25) is 4.79 Å². The first-order valence-electron chi connectivity index (χ1n) is 6.77. The van der Waals surface area contributed by atoms with Gasteiger partial charge in [-0.25, -0.2) is 4.68 Å². The third-order valence-corrected chi connectivity index (χ3v) is 3.58. The molecule has 1 saturated carbocycles. The predicted octanol–water partition coefficient (Wildman–Crippen LogP) is 1.90. The van der Waals surface area contributed by atoms with Crippen LogP contribution in [0.15, 0.2) is 11.0 Å². The minimum atomic E-state index is -0.309. The highest BCUT2D eigenvalue weighted by molar-refractivity contribution is 6.32. The van der Waals surface area contributed by atoms with Crippen LogP contribution in [-0.4, -0.2) is 29.0 Å². The molecule has 0 amide bonds. The fourth-order valence-electron chi connectivity index (χ4n) is 2.28. The zero-order valence-corrected chi connectivity index (χ0v) is 12.0. The van der Waals surface area contributed by atoms with Crippen molar-refractivity contribution in [2.75, 3.05) is 18.5 Å². The second-order valence-corrected chi connectivity index (χ2v) is 5.15. The summed E-state index contributed by atoms with van der Waals surface area (Å²) in [5, 5.41) is 7.18. The molecule has 0 unspecified atom stereocenters. The molecule has 0 aromatic carbocycles. The van der Waals surface area contributed by atoms with E-state index in [-0.39, 0.29) is 12.1 Å². The third kappa shape index (κ3) is 3.75. The molecule has 1 aromatic rings. The normalized spacial score (nSPS) is 15.2. The molecule has 108 valence electrons. The molecule has 2 rings (SSSR count). The van der Waals surface area contributed by atoms with E-state index in [9.17, 15) is 4.79 Å². The number of hydrogen-bond donors (Lipinski definition) is 1. The Labute approximate surface area is 123 Å². The minimum absolute atomic E-state index is 0.128. The molecule has 6 heteroatoms. The average molecular weight is 296 g/mol. The molecule has 0 saturated heterocycles. The number of halogens is 1. The van der Waals surface area contributed by atoms with Gasteiger partial charge in [0.2, 0.25) is 0 Å². The first kappa shape index (κ1) is 14.9. The van der Waals surface area contributed by atoms with Gasteiger partial charge >= 0.3 is 0 Å². The maximum Gasteiger partial charge on any atom is 0.292 e. The van der Waals surface area contributed by atoms with Crippen LogP contribution >= 0.6 is 11.6 Å². The van der Waals surface area contributed by atoms with E-state index in [1.54, 1.807) is 0 Å². The number of nitrogens with one attached hydrogen (secondary N) is 1. The molecule has 1 aliphatic carbocycles. The van der Waals surface area contributed by atoms with Crippen LogP contribution in [0.1, 0.15) is 25.7 Å². The van der Waals surface area contributed by atoms with Crippen molar-refractivity contribution in [3.63, 3.8) is 0 Å². The van der Waals surface area contributed by atoms with Gasteiger partial charge in [0.05, 0.1) is 23.9 Å². The van der Waals surface area contributed by atoms with E-state index in [1.165, 1.54) is 23.7 Å². The molecular weight excluding hydrogens is 278 g/mol. The lowest BCUT2D eigenvalue weighted by Crippen LogP contribution is -2.27. The average Bonchev–Trinajstić information content (AvgIpc) is 2.94. The number of terminal acetylenes is 1. The first-order chi connectivity index (χ1) is 9.72. The van der Waals surface area contributed by atoms with Crippen LogP contribution in [0.5, 0.6) is 0 Å². The number of ether oxygens (including phenoxy) is 1. The van der Waals surface area contributed by atoms with Crippen molar-refractivity contribution in [2.45, 2.75) is 38.3 Å². The van der Waals surface area contributed by atoms with E-state index in [0.717, 1.165) is 12.8 Å². The van der Waals surface area contributed by atoms with Crippen molar-refractivity contribution < 1.29 is 4.74 Å². The first-order valence-corrected chi connectivity index (χ1v) is 7.14. The summed E-state index contributed by atoms with van der Waals surface area (Å²) in [5.74, 6) is 2.38. The van der Waals surface area contributed by atoms with Gasteiger partial charge < -0.3 is 10.1 Å². The Morgan fingerprint density at radius 1 is 1.55 bits per heavy atom. The summed E-state index contributed by atoms with van der Waals surface area (Å²) in [7, 11) is 0. The van der Waals surface area contributed by atoms with Crippen LogP contribution in [0.2, 0.25) is 5.02 Å². The molecule has 0 spiro atoms. The Morgan fingerprint density at radius 3 is 3.00 bits per heavy atom. The topological polar surface area (TPSA) is 56.1 Å². The second kappa shape index (κ2) is 7.32. The monoisotopic (exact) mass is 295 g/mol. The molecule has 0 aliphatic heterocycles. The summed E-state index contributed by atoms with van der Waals surface area (Å²) in [4.78, 5) is 12.0. The van der Waals surface area contributed by atoms with Crippen molar-refractivity contribution in [3.8, 4) is 12.3 Å². The molecule has 5 nitrogen and oxygen atoms in total. The number of hydrogen-bond acceptors (Lipinski definition) is 4. The molecule has 20 heavy (non-hydrogen) atoms. The highest BCUT2D eigenvalue weighted by Gasteiger charge is 2.15. The number of aromatic nitrogens is 2. The minimum Gasteiger partial charge on any atom is -0.377 e. The largest absolute Gasteiger partial charge is 0.377 e. The molecular formula is C14H18ClN3O2. The molecule has 0 bridgehead atoms. The van der Waals surface area contributed by atoms with E-state index in [1.807, 2.05) is 0 Å². The van der Waals surface area contributed by atoms with Crippen molar-refractivity contribution in [3.05, 3.63) is 21.6 Å². The van der Waals surface area contributed by atoms with Crippen LogP contribution in [0, 0.1) is 12.3 Å². The highest BCUT2D eigenvalue weighted by Crippen LogP contribution is 2.20. The Balaban J connectivity index is 1.90. The number of anilines is 1. The predicted molar refractivity (Wildman–Crippen MR) is 79.0 cm³/mol. The summed E-state index contributed by atoms with van der Waals surface area (Å²) in [6.07, 6.45) is 11.7. The van der Waals surface area contributed by atoms with Gasteiger partial charge in [0.15, 0.2) is 0 Å². The van der Waals surface area contributed by atoms with Crippen LogP contribution in [-0.2, 0) is 11.3 Å². The quantitative estimate of drug-likeness (QED) is 0.643.